The smallest absolute Gasteiger partial charge is 0.246 e. The minimum absolute atomic E-state index is 0.0401. The highest BCUT2D eigenvalue weighted by Gasteiger charge is 2.29. The minimum atomic E-state index is -0.446. The number of carbonyl (C=O) groups excluding carboxylic acids is 2. The van der Waals surface area contributed by atoms with Crippen LogP contribution < -0.4 is 15.5 Å². The number of amides is 2. The summed E-state index contributed by atoms with van der Waals surface area (Å²) in [6, 6.07) is 7.58. The molecule has 1 aliphatic carbocycles. The molecule has 2 N–H and O–H groups in total. The zero-order chi connectivity index (χ0) is 18.4. The molecule has 0 radical (unpaired) electrons. The monoisotopic (exact) mass is 357 g/mol. The summed E-state index contributed by atoms with van der Waals surface area (Å²) >= 11 is 0. The fraction of sp³-hybridized carbons (Fsp3) is 0.619. The normalized spacial score (nSPS) is 18.3. The second-order valence-electron chi connectivity index (χ2n) is 7.56. The van der Waals surface area contributed by atoms with Crippen molar-refractivity contribution in [1.29, 1.82) is 0 Å². The van der Waals surface area contributed by atoms with Crippen LogP contribution in [0.2, 0.25) is 0 Å². The van der Waals surface area contributed by atoms with Gasteiger partial charge in [-0.2, -0.15) is 0 Å². The van der Waals surface area contributed by atoms with Crippen LogP contribution in [0, 0.1) is 5.92 Å². The number of rotatable bonds is 8. The van der Waals surface area contributed by atoms with Gasteiger partial charge >= 0.3 is 0 Å². The van der Waals surface area contributed by atoms with E-state index in [1.807, 2.05) is 18.2 Å². The maximum atomic E-state index is 12.8. The van der Waals surface area contributed by atoms with Gasteiger partial charge in [-0.25, -0.2) is 0 Å². The predicted octanol–water partition coefficient (Wildman–Crippen LogP) is 3.70. The summed E-state index contributed by atoms with van der Waals surface area (Å²) < 4.78 is 0. The minimum Gasteiger partial charge on any atom is -0.371 e. The third-order valence-electron chi connectivity index (χ3n) is 5.54. The van der Waals surface area contributed by atoms with Crippen molar-refractivity contribution in [1.82, 2.24) is 5.32 Å². The molecule has 1 aliphatic heterocycles. The lowest BCUT2D eigenvalue weighted by atomic mass is 9.84. The molecule has 2 amide bonds. The van der Waals surface area contributed by atoms with Crippen LogP contribution in [0.4, 0.5) is 11.4 Å². The molecular formula is C21H31N3O2. The van der Waals surface area contributed by atoms with E-state index in [-0.39, 0.29) is 17.7 Å². The average molecular weight is 357 g/mol. The van der Waals surface area contributed by atoms with E-state index in [0.29, 0.717) is 6.42 Å². The van der Waals surface area contributed by atoms with E-state index in [0.717, 1.165) is 56.6 Å². The quantitative estimate of drug-likeness (QED) is 0.746. The Morgan fingerprint density at radius 1 is 1.19 bits per heavy atom. The molecule has 1 atom stereocenters. The molecule has 5 nitrogen and oxygen atoms in total. The Labute approximate surface area is 156 Å². The van der Waals surface area contributed by atoms with Gasteiger partial charge in [-0.1, -0.05) is 32.3 Å². The first-order chi connectivity index (χ1) is 12.7. The van der Waals surface area contributed by atoms with Gasteiger partial charge in [0.05, 0.1) is 0 Å². The van der Waals surface area contributed by atoms with Crippen molar-refractivity contribution in [2.75, 3.05) is 23.3 Å². The van der Waals surface area contributed by atoms with Gasteiger partial charge in [0.15, 0.2) is 0 Å². The fourth-order valence-electron chi connectivity index (χ4n) is 3.62. The Bertz CT molecular complexity index is 621. The highest BCUT2D eigenvalue weighted by atomic mass is 16.2. The van der Waals surface area contributed by atoms with E-state index >= 15 is 0 Å². The van der Waals surface area contributed by atoms with Gasteiger partial charge in [0.25, 0.3) is 0 Å². The number of unbranched alkanes of at least 4 members (excludes halogenated alkanes) is 1. The Morgan fingerprint density at radius 3 is 2.62 bits per heavy atom. The van der Waals surface area contributed by atoms with Crippen molar-refractivity contribution in [2.45, 2.75) is 64.3 Å². The third kappa shape index (κ3) is 4.77. The second-order valence-corrected chi connectivity index (χ2v) is 7.56. The molecule has 26 heavy (non-hydrogen) atoms. The number of hydrogen-bond donors (Lipinski definition) is 2. The van der Waals surface area contributed by atoms with Crippen molar-refractivity contribution < 1.29 is 9.59 Å². The predicted molar refractivity (Wildman–Crippen MR) is 105 cm³/mol. The molecule has 1 unspecified atom stereocenters. The van der Waals surface area contributed by atoms with Crippen molar-refractivity contribution in [3.05, 3.63) is 24.3 Å². The van der Waals surface area contributed by atoms with E-state index in [4.69, 9.17) is 0 Å². The maximum Gasteiger partial charge on any atom is 0.246 e. The first-order valence-corrected chi connectivity index (χ1v) is 10.1. The molecule has 1 saturated heterocycles. The summed E-state index contributed by atoms with van der Waals surface area (Å²) in [5.74, 6) is 0.0356. The van der Waals surface area contributed by atoms with Crippen molar-refractivity contribution in [3.8, 4) is 0 Å². The van der Waals surface area contributed by atoms with Gasteiger partial charge in [-0.05, 0) is 50.3 Å². The van der Waals surface area contributed by atoms with Crippen LogP contribution in [0.5, 0.6) is 0 Å². The molecule has 0 bridgehead atoms. The van der Waals surface area contributed by atoms with Crippen molar-refractivity contribution in [2.24, 2.45) is 5.92 Å². The highest BCUT2D eigenvalue weighted by Crippen LogP contribution is 2.27. The molecule has 0 spiro atoms. The van der Waals surface area contributed by atoms with Crippen LogP contribution in [-0.4, -0.2) is 30.9 Å². The first-order valence-electron chi connectivity index (χ1n) is 10.1. The van der Waals surface area contributed by atoms with Crippen LogP contribution >= 0.6 is 0 Å². The molecular weight excluding hydrogens is 326 g/mol. The summed E-state index contributed by atoms with van der Waals surface area (Å²) in [6.45, 7) is 4.25. The topological polar surface area (TPSA) is 61.4 Å². The Kier molecular flexibility index (Phi) is 6.53. The lowest BCUT2D eigenvalue weighted by molar-refractivity contribution is -0.131. The number of nitrogens with one attached hydrogen (secondary N) is 2. The highest BCUT2D eigenvalue weighted by molar-refractivity contribution is 5.97. The van der Waals surface area contributed by atoms with Crippen LogP contribution in [0.1, 0.15) is 58.3 Å². The van der Waals surface area contributed by atoms with E-state index in [1.165, 1.54) is 12.8 Å². The zero-order valence-electron chi connectivity index (χ0n) is 15.8. The van der Waals surface area contributed by atoms with Gasteiger partial charge in [-0.3, -0.25) is 9.59 Å². The van der Waals surface area contributed by atoms with E-state index in [9.17, 15) is 9.59 Å². The summed E-state index contributed by atoms with van der Waals surface area (Å²) in [6.07, 6.45) is 8.09. The molecule has 5 heteroatoms. The van der Waals surface area contributed by atoms with E-state index < -0.39 is 6.04 Å². The zero-order valence-corrected chi connectivity index (χ0v) is 15.8. The number of benzene rings is 1. The molecule has 1 aromatic rings. The molecule has 1 aromatic carbocycles. The molecule has 1 saturated carbocycles. The summed E-state index contributed by atoms with van der Waals surface area (Å²) in [4.78, 5) is 27.4. The lowest BCUT2D eigenvalue weighted by Crippen LogP contribution is -2.47. The number of hydrogen-bond acceptors (Lipinski definition) is 3. The first kappa shape index (κ1) is 18.7. The fourth-order valence-corrected chi connectivity index (χ4v) is 3.62. The van der Waals surface area contributed by atoms with Crippen LogP contribution in [-0.2, 0) is 9.59 Å². The number of carbonyl (C=O) groups is 2. The largest absolute Gasteiger partial charge is 0.371 e. The third-order valence-corrected chi connectivity index (χ3v) is 5.54. The standard InChI is InChI=1S/C21H31N3O2/c1-2-3-12-19(23-20(25)16-8-6-9-16)21(26)22-17-10-7-11-18(15-17)24-13-4-5-14-24/h7,10-11,15-16,19H,2-6,8-9,12-14H2,1H3,(H,22,26)(H,23,25). The van der Waals surface area contributed by atoms with Crippen molar-refractivity contribution >= 4 is 23.2 Å². The van der Waals surface area contributed by atoms with Gasteiger partial charge in [-0.15, -0.1) is 0 Å². The number of nitrogens with zero attached hydrogens (tertiary/aromatic N) is 1. The van der Waals surface area contributed by atoms with E-state index in [2.05, 4.69) is 28.5 Å². The van der Waals surface area contributed by atoms with Crippen LogP contribution in [0.15, 0.2) is 24.3 Å². The molecule has 1 heterocycles. The molecule has 3 rings (SSSR count). The van der Waals surface area contributed by atoms with Gasteiger partial charge < -0.3 is 15.5 Å². The Morgan fingerprint density at radius 2 is 1.96 bits per heavy atom. The van der Waals surface area contributed by atoms with Gasteiger partial charge in [0.1, 0.15) is 6.04 Å². The molecule has 2 aliphatic rings. The number of anilines is 2. The second kappa shape index (κ2) is 9.06. The summed E-state index contributed by atoms with van der Waals surface area (Å²) in [5.41, 5.74) is 1.96. The molecule has 2 fully saturated rings. The summed E-state index contributed by atoms with van der Waals surface area (Å²) in [7, 11) is 0. The maximum absolute atomic E-state index is 12.8. The van der Waals surface area contributed by atoms with Crippen LogP contribution in [0.25, 0.3) is 0 Å². The molecule has 0 aromatic heterocycles. The summed E-state index contributed by atoms with van der Waals surface area (Å²) in [5, 5.41) is 6.00. The van der Waals surface area contributed by atoms with E-state index in [1.54, 1.807) is 0 Å². The lowest BCUT2D eigenvalue weighted by Gasteiger charge is -2.27. The molecule has 142 valence electrons. The van der Waals surface area contributed by atoms with Gasteiger partial charge in [0.2, 0.25) is 11.8 Å². The Hall–Kier alpha value is -2.04. The van der Waals surface area contributed by atoms with Crippen molar-refractivity contribution in [3.63, 3.8) is 0 Å². The van der Waals surface area contributed by atoms with Gasteiger partial charge in [0, 0.05) is 30.4 Å². The van der Waals surface area contributed by atoms with Crippen LogP contribution in [0.3, 0.4) is 0 Å². The SMILES string of the molecule is CCCCC(NC(=O)C1CCC1)C(=O)Nc1cccc(N2CCCC2)c1. The average Bonchev–Trinajstić information content (AvgIpc) is 3.11. The Balaban J connectivity index is 1.62.